The van der Waals surface area contributed by atoms with Crippen molar-refractivity contribution in [2.45, 2.75) is 38.5 Å². The van der Waals surface area contributed by atoms with Gasteiger partial charge >= 0.3 is 0 Å². The molecule has 0 aliphatic heterocycles. The molecule has 2 aromatic heterocycles. The van der Waals surface area contributed by atoms with E-state index in [0.717, 1.165) is 24.0 Å². The highest BCUT2D eigenvalue weighted by Crippen LogP contribution is 2.44. The van der Waals surface area contributed by atoms with Gasteiger partial charge in [0.05, 0.1) is 5.69 Å². The second kappa shape index (κ2) is 8.26. The summed E-state index contributed by atoms with van der Waals surface area (Å²) in [4.78, 5) is 23.4. The molecule has 9 nitrogen and oxygen atoms in total. The number of nitrogens with one attached hydrogen (secondary N) is 1. The molecule has 9 heteroatoms. The second-order valence-electron chi connectivity index (χ2n) is 7.76. The first-order chi connectivity index (χ1) is 15.3. The summed E-state index contributed by atoms with van der Waals surface area (Å²) in [5.41, 5.74) is 7.87. The molecule has 0 radical (unpaired) electrons. The minimum atomic E-state index is -0.456. The maximum atomic E-state index is 12.6. The number of nitrogen functional groups attached to an aromatic ring is 1. The summed E-state index contributed by atoms with van der Waals surface area (Å²) in [5.74, 6) is -0.405. The first kappa shape index (κ1) is 21.2. The summed E-state index contributed by atoms with van der Waals surface area (Å²) in [7, 11) is 0. The summed E-state index contributed by atoms with van der Waals surface area (Å²) in [5, 5.41) is 30.3. The zero-order valence-electron chi connectivity index (χ0n) is 17.8. The van der Waals surface area contributed by atoms with Crippen LogP contribution >= 0.6 is 0 Å². The maximum absolute atomic E-state index is 12.6. The van der Waals surface area contributed by atoms with Crippen molar-refractivity contribution in [3.05, 3.63) is 64.2 Å². The third-order valence-corrected chi connectivity index (χ3v) is 5.90. The number of aromatic amines is 1. The van der Waals surface area contributed by atoms with Gasteiger partial charge in [-0.1, -0.05) is 26.0 Å². The molecule has 0 bridgehead atoms. The lowest BCUT2D eigenvalue weighted by Gasteiger charge is -2.28. The lowest BCUT2D eigenvalue weighted by molar-refractivity contribution is 0.401. The van der Waals surface area contributed by atoms with Gasteiger partial charge in [0.2, 0.25) is 5.95 Å². The highest BCUT2D eigenvalue weighted by atomic mass is 16.3. The molecule has 0 saturated heterocycles. The number of phenols is 3. The first-order valence-corrected chi connectivity index (χ1v) is 10.4. The van der Waals surface area contributed by atoms with Crippen LogP contribution in [0.15, 0.2) is 47.5 Å². The number of phenolic OH excluding ortho intramolecular Hbond substituents is 3. The SMILES string of the molecule is CCC(c1ccc(O)cc1)C(CC)c1cc(O)c(O)cc1-n1cnc2nc(N)[nH]c(=O)c21. The molecule has 2 aromatic carbocycles. The molecule has 0 fully saturated rings. The molecule has 166 valence electrons. The van der Waals surface area contributed by atoms with E-state index in [2.05, 4.69) is 21.9 Å². The number of rotatable bonds is 6. The molecule has 6 N–H and O–H groups in total. The second-order valence-corrected chi connectivity index (χ2v) is 7.76. The molecule has 0 saturated carbocycles. The number of benzene rings is 2. The van der Waals surface area contributed by atoms with E-state index in [1.54, 1.807) is 16.7 Å². The molecule has 0 spiro atoms. The normalized spacial score (nSPS) is 13.3. The molecule has 32 heavy (non-hydrogen) atoms. The van der Waals surface area contributed by atoms with Crippen LogP contribution in [0.4, 0.5) is 5.95 Å². The van der Waals surface area contributed by atoms with Crippen molar-refractivity contribution in [1.82, 2.24) is 19.5 Å². The van der Waals surface area contributed by atoms with Gasteiger partial charge in [0, 0.05) is 6.07 Å². The van der Waals surface area contributed by atoms with Gasteiger partial charge < -0.3 is 21.1 Å². The van der Waals surface area contributed by atoms with Crippen LogP contribution in [0.5, 0.6) is 17.2 Å². The topological polar surface area (TPSA) is 150 Å². The third-order valence-electron chi connectivity index (χ3n) is 5.90. The number of hydrogen-bond acceptors (Lipinski definition) is 7. The highest BCUT2D eigenvalue weighted by Gasteiger charge is 2.27. The summed E-state index contributed by atoms with van der Waals surface area (Å²) in [6, 6.07) is 10.0. The van der Waals surface area contributed by atoms with Gasteiger partial charge in [0.25, 0.3) is 5.56 Å². The monoisotopic (exact) mass is 435 g/mol. The maximum Gasteiger partial charge on any atom is 0.278 e. The van der Waals surface area contributed by atoms with Gasteiger partial charge in [-0.25, -0.2) is 4.98 Å². The zero-order chi connectivity index (χ0) is 23.0. The van der Waals surface area contributed by atoms with E-state index in [1.165, 1.54) is 18.5 Å². The van der Waals surface area contributed by atoms with E-state index in [0.29, 0.717) is 5.69 Å². The van der Waals surface area contributed by atoms with E-state index < -0.39 is 5.56 Å². The molecule has 4 rings (SSSR count). The van der Waals surface area contributed by atoms with Crippen LogP contribution in [-0.2, 0) is 0 Å². The van der Waals surface area contributed by atoms with Crippen LogP contribution in [0, 0.1) is 0 Å². The van der Waals surface area contributed by atoms with Crippen molar-refractivity contribution in [1.29, 1.82) is 0 Å². The number of imidazole rings is 1. The van der Waals surface area contributed by atoms with Crippen LogP contribution in [0.3, 0.4) is 0 Å². The van der Waals surface area contributed by atoms with Gasteiger partial charge in [-0.05, 0) is 54.0 Å². The van der Waals surface area contributed by atoms with Crippen molar-refractivity contribution in [2.24, 2.45) is 0 Å². The molecule has 2 unspecified atom stereocenters. The Morgan fingerprint density at radius 1 is 1.03 bits per heavy atom. The Morgan fingerprint density at radius 2 is 1.69 bits per heavy atom. The molecular formula is C23H25N5O4. The lowest BCUT2D eigenvalue weighted by Crippen LogP contribution is -2.16. The predicted octanol–water partition coefficient (Wildman–Crippen LogP) is 3.50. The van der Waals surface area contributed by atoms with Crippen molar-refractivity contribution < 1.29 is 15.3 Å². The molecule has 0 aliphatic carbocycles. The van der Waals surface area contributed by atoms with Crippen molar-refractivity contribution in [3.63, 3.8) is 0 Å². The predicted molar refractivity (Wildman–Crippen MR) is 121 cm³/mol. The van der Waals surface area contributed by atoms with Crippen molar-refractivity contribution in [3.8, 4) is 22.9 Å². The van der Waals surface area contributed by atoms with Gasteiger partial charge in [-0.15, -0.1) is 0 Å². The number of fused-ring (bicyclic) bond motifs is 1. The number of hydrogen-bond donors (Lipinski definition) is 5. The number of nitrogens with zero attached hydrogens (tertiary/aromatic N) is 3. The average Bonchev–Trinajstić information content (AvgIpc) is 3.18. The Labute approximate surface area is 183 Å². The largest absolute Gasteiger partial charge is 0.508 e. The van der Waals surface area contributed by atoms with Crippen LogP contribution in [0.25, 0.3) is 16.9 Å². The third kappa shape index (κ3) is 3.62. The molecule has 4 aromatic rings. The number of anilines is 1. The quantitative estimate of drug-likeness (QED) is 0.291. The summed E-state index contributed by atoms with van der Waals surface area (Å²) in [6.07, 6.45) is 2.98. The van der Waals surface area contributed by atoms with Crippen LogP contribution in [0.1, 0.15) is 49.7 Å². The van der Waals surface area contributed by atoms with E-state index >= 15 is 0 Å². The van der Waals surface area contributed by atoms with Crippen LogP contribution in [-0.4, -0.2) is 34.8 Å². The summed E-state index contributed by atoms with van der Waals surface area (Å²) < 4.78 is 1.56. The first-order valence-electron chi connectivity index (χ1n) is 10.4. The van der Waals surface area contributed by atoms with E-state index in [1.807, 2.05) is 19.1 Å². The van der Waals surface area contributed by atoms with Crippen molar-refractivity contribution >= 4 is 17.1 Å². The fourth-order valence-electron chi connectivity index (χ4n) is 4.41. The minimum absolute atomic E-state index is 0.0358. The smallest absolute Gasteiger partial charge is 0.278 e. The fraction of sp³-hybridized carbons (Fsp3) is 0.261. The van der Waals surface area contributed by atoms with Gasteiger partial charge in [0.15, 0.2) is 22.7 Å². The fourth-order valence-corrected chi connectivity index (χ4v) is 4.41. The number of H-pyrrole nitrogens is 1. The van der Waals surface area contributed by atoms with Crippen LogP contribution in [0.2, 0.25) is 0 Å². The standard InChI is InChI=1S/C23H25N5O4/c1-3-14(12-5-7-13(29)8-6-12)15(4-2)16-9-18(30)19(31)10-17(16)28-11-25-21-20(28)22(32)27-23(24)26-21/h5-11,14-15,29-31H,3-4H2,1-2H3,(H3,24,26,27,32). The molecule has 2 heterocycles. The molecular weight excluding hydrogens is 410 g/mol. The number of aromatic nitrogens is 4. The van der Waals surface area contributed by atoms with Gasteiger partial charge in [0.1, 0.15) is 12.1 Å². The van der Waals surface area contributed by atoms with E-state index in [9.17, 15) is 20.1 Å². The minimum Gasteiger partial charge on any atom is -0.508 e. The van der Waals surface area contributed by atoms with E-state index in [4.69, 9.17) is 5.73 Å². The Bertz CT molecular complexity index is 1330. The molecule has 0 amide bonds. The molecule has 2 atom stereocenters. The van der Waals surface area contributed by atoms with E-state index in [-0.39, 0.29) is 46.2 Å². The number of aromatic hydroxyl groups is 3. The lowest BCUT2D eigenvalue weighted by atomic mass is 9.77. The van der Waals surface area contributed by atoms with Gasteiger partial charge in [-0.3, -0.25) is 14.3 Å². The summed E-state index contributed by atoms with van der Waals surface area (Å²) >= 11 is 0. The highest BCUT2D eigenvalue weighted by molar-refractivity contribution is 5.74. The Hall–Kier alpha value is -4.01. The Kier molecular flexibility index (Phi) is 5.48. The number of nitrogens with two attached hydrogens (primary N) is 1. The summed E-state index contributed by atoms with van der Waals surface area (Å²) in [6.45, 7) is 4.12. The Balaban J connectivity index is 1.94. The average molecular weight is 435 g/mol. The zero-order valence-corrected chi connectivity index (χ0v) is 17.8. The van der Waals surface area contributed by atoms with Gasteiger partial charge in [-0.2, -0.15) is 4.98 Å². The Morgan fingerprint density at radius 3 is 2.34 bits per heavy atom. The van der Waals surface area contributed by atoms with Crippen molar-refractivity contribution in [2.75, 3.05) is 5.73 Å². The van der Waals surface area contributed by atoms with Crippen LogP contribution < -0.4 is 11.3 Å². The molecule has 0 aliphatic rings.